The van der Waals surface area contributed by atoms with Crippen LogP contribution in [-0.4, -0.2) is 49.8 Å². The van der Waals surface area contributed by atoms with Gasteiger partial charge in [0.2, 0.25) is 23.6 Å². The molecule has 0 aromatic rings. The summed E-state index contributed by atoms with van der Waals surface area (Å²) in [6.45, 7) is -1.07. The topological polar surface area (TPSA) is 156 Å². The molecule has 0 aliphatic heterocycles. The van der Waals surface area contributed by atoms with Crippen molar-refractivity contribution in [1.82, 2.24) is 16.0 Å². The fraction of sp³-hybridized carbons (Fsp3) is 0.500. The van der Waals surface area contributed by atoms with Crippen LogP contribution in [0.1, 0.15) is 0 Å². The maximum Gasteiger partial charge on any atom is 0.239 e. The number of halogens is 1. The van der Waals surface area contributed by atoms with Gasteiger partial charge in [-0.25, -0.2) is 0 Å². The normalized spacial score (nSPS) is 8.72. The second-order valence-corrected chi connectivity index (χ2v) is 3.00. The van der Waals surface area contributed by atoms with E-state index in [1.807, 2.05) is 0 Å². The van der Waals surface area contributed by atoms with E-state index in [4.69, 9.17) is 11.5 Å². The zero-order valence-electron chi connectivity index (χ0n) is 9.52. The molecule has 0 fully saturated rings. The highest BCUT2D eigenvalue weighted by atomic mass is 35.5. The molecule has 0 atom stereocenters. The van der Waals surface area contributed by atoms with E-state index in [2.05, 4.69) is 16.0 Å². The number of carbonyl (C=O) groups excluding carboxylic acids is 4. The molecule has 4 amide bonds. The van der Waals surface area contributed by atoms with Crippen LogP contribution in [0, 0.1) is 0 Å². The third-order valence-corrected chi connectivity index (χ3v) is 1.54. The van der Waals surface area contributed by atoms with Gasteiger partial charge >= 0.3 is 0 Å². The summed E-state index contributed by atoms with van der Waals surface area (Å²) in [7, 11) is 0. The van der Waals surface area contributed by atoms with Gasteiger partial charge in [-0.05, 0) is 0 Å². The average molecular weight is 282 g/mol. The molecule has 0 radical (unpaired) electrons. The molecule has 0 aliphatic carbocycles. The van der Waals surface area contributed by atoms with Crippen LogP contribution in [-0.2, 0) is 19.2 Å². The van der Waals surface area contributed by atoms with Crippen LogP contribution in [0.5, 0.6) is 0 Å². The third kappa shape index (κ3) is 10.6. The first kappa shape index (κ1) is 18.5. The molecule has 104 valence electrons. The molecule has 0 unspecified atom stereocenters. The van der Waals surface area contributed by atoms with Gasteiger partial charge in [-0.1, -0.05) is 0 Å². The number of hydrogen-bond acceptors (Lipinski definition) is 5. The number of rotatable bonds is 7. The molecule has 0 aliphatic rings. The van der Waals surface area contributed by atoms with Crippen molar-refractivity contribution in [1.29, 1.82) is 0 Å². The van der Waals surface area contributed by atoms with Crippen molar-refractivity contribution in [3.63, 3.8) is 0 Å². The smallest absolute Gasteiger partial charge is 0.239 e. The fourth-order valence-corrected chi connectivity index (χ4v) is 0.741. The SMILES string of the molecule is Cl.NCC(=O)NCC(=O)NCC(=O)NCC(N)=O. The summed E-state index contributed by atoms with van der Waals surface area (Å²) in [5, 5.41) is 6.63. The molecule has 10 heteroatoms. The molecule has 0 heterocycles. The van der Waals surface area contributed by atoms with Crippen LogP contribution in [0.3, 0.4) is 0 Å². The van der Waals surface area contributed by atoms with Crippen molar-refractivity contribution in [2.75, 3.05) is 26.2 Å². The molecule has 9 nitrogen and oxygen atoms in total. The predicted octanol–water partition coefficient (Wildman–Crippen LogP) is -3.80. The van der Waals surface area contributed by atoms with E-state index in [0.29, 0.717) is 0 Å². The summed E-state index contributed by atoms with van der Waals surface area (Å²) < 4.78 is 0. The zero-order chi connectivity index (χ0) is 13.3. The van der Waals surface area contributed by atoms with E-state index in [0.717, 1.165) is 0 Å². The monoisotopic (exact) mass is 281 g/mol. The number of nitrogens with two attached hydrogens (primary N) is 2. The molecule has 0 saturated carbocycles. The summed E-state index contributed by atoms with van der Waals surface area (Å²) in [4.78, 5) is 43.1. The molecule has 0 bridgehead atoms. The minimum Gasteiger partial charge on any atom is -0.368 e. The Morgan fingerprint density at radius 2 is 1.17 bits per heavy atom. The number of hydrogen-bond donors (Lipinski definition) is 5. The van der Waals surface area contributed by atoms with E-state index >= 15 is 0 Å². The van der Waals surface area contributed by atoms with Crippen molar-refractivity contribution in [2.24, 2.45) is 11.5 Å². The molecule has 0 aromatic carbocycles. The molecule has 0 aromatic heterocycles. The van der Waals surface area contributed by atoms with E-state index in [-0.39, 0.29) is 38.6 Å². The lowest BCUT2D eigenvalue weighted by Gasteiger charge is -2.06. The number of primary amides is 1. The largest absolute Gasteiger partial charge is 0.368 e. The minimum atomic E-state index is -0.681. The van der Waals surface area contributed by atoms with Crippen LogP contribution < -0.4 is 27.4 Å². The Morgan fingerprint density at radius 3 is 1.56 bits per heavy atom. The lowest BCUT2D eigenvalue weighted by Crippen LogP contribution is -2.44. The van der Waals surface area contributed by atoms with Crippen LogP contribution in [0.15, 0.2) is 0 Å². The second-order valence-electron chi connectivity index (χ2n) is 3.00. The molecule has 18 heavy (non-hydrogen) atoms. The predicted molar refractivity (Wildman–Crippen MR) is 64.5 cm³/mol. The summed E-state index contributed by atoms with van der Waals surface area (Å²) >= 11 is 0. The Kier molecular flexibility index (Phi) is 10.6. The second kappa shape index (κ2) is 10.3. The van der Waals surface area contributed by atoms with Gasteiger partial charge in [-0.15, -0.1) is 12.4 Å². The molecule has 0 rings (SSSR count). The van der Waals surface area contributed by atoms with Crippen molar-refractivity contribution in [3.8, 4) is 0 Å². The Labute approximate surface area is 109 Å². The van der Waals surface area contributed by atoms with Crippen molar-refractivity contribution in [3.05, 3.63) is 0 Å². The lowest BCUT2D eigenvalue weighted by atomic mass is 10.5. The van der Waals surface area contributed by atoms with E-state index < -0.39 is 23.6 Å². The van der Waals surface area contributed by atoms with Gasteiger partial charge in [0.25, 0.3) is 0 Å². The number of nitrogens with one attached hydrogen (secondary N) is 3. The highest BCUT2D eigenvalue weighted by Gasteiger charge is 2.06. The lowest BCUT2D eigenvalue weighted by molar-refractivity contribution is -0.128. The average Bonchev–Trinajstić information content (AvgIpc) is 2.30. The van der Waals surface area contributed by atoms with Crippen LogP contribution >= 0.6 is 12.4 Å². The van der Waals surface area contributed by atoms with Gasteiger partial charge in [0.05, 0.1) is 26.2 Å². The highest BCUT2D eigenvalue weighted by Crippen LogP contribution is 1.68. The Balaban J connectivity index is 0. The van der Waals surface area contributed by atoms with Gasteiger partial charge in [0.15, 0.2) is 0 Å². The molecule has 0 saturated heterocycles. The van der Waals surface area contributed by atoms with E-state index in [1.54, 1.807) is 0 Å². The van der Waals surface area contributed by atoms with Crippen LogP contribution in [0.4, 0.5) is 0 Å². The standard InChI is InChI=1S/C8H15N5O4.ClH/c9-1-6(15)12-3-8(17)13-4-7(16)11-2-5(10)14;/h1-4,9H2,(H2,10,14)(H,11,16)(H,12,15)(H,13,17);1H. The summed E-state index contributed by atoms with van der Waals surface area (Å²) in [5.41, 5.74) is 9.79. The van der Waals surface area contributed by atoms with Gasteiger partial charge in [-0.2, -0.15) is 0 Å². The molecular weight excluding hydrogens is 266 g/mol. The number of amides is 4. The van der Waals surface area contributed by atoms with Gasteiger partial charge < -0.3 is 27.4 Å². The third-order valence-electron chi connectivity index (χ3n) is 1.54. The first-order valence-electron chi connectivity index (χ1n) is 4.74. The maximum absolute atomic E-state index is 11.1. The van der Waals surface area contributed by atoms with Crippen molar-refractivity contribution < 1.29 is 19.2 Å². The van der Waals surface area contributed by atoms with Crippen LogP contribution in [0.2, 0.25) is 0 Å². The summed E-state index contributed by atoms with van der Waals surface area (Å²) in [5.74, 6) is -2.25. The van der Waals surface area contributed by atoms with E-state index in [9.17, 15) is 19.2 Å². The first-order chi connectivity index (χ1) is 7.95. The molecule has 0 spiro atoms. The van der Waals surface area contributed by atoms with Gasteiger partial charge in [-0.3, -0.25) is 19.2 Å². The quantitative estimate of drug-likeness (QED) is 0.323. The van der Waals surface area contributed by atoms with Gasteiger partial charge in [0.1, 0.15) is 0 Å². The highest BCUT2D eigenvalue weighted by molar-refractivity contribution is 5.89. The van der Waals surface area contributed by atoms with E-state index in [1.165, 1.54) is 0 Å². The minimum absolute atomic E-state index is 0. The molecule has 7 N–H and O–H groups in total. The van der Waals surface area contributed by atoms with Crippen LogP contribution in [0.25, 0.3) is 0 Å². The Bertz CT molecular complexity index is 323. The molecular formula is C8H16ClN5O4. The maximum atomic E-state index is 11.1. The van der Waals surface area contributed by atoms with Crippen molar-refractivity contribution in [2.45, 2.75) is 0 Å². The summed E-state index contributed by atoms with van der Waals surface area (Å²) in [6.07, 6.45) is 0. The van der Waals surface area contributed by atoms with Gasteiger partial charge in [0, 0.05) is 0 Å². The zero-order valence-corrected chi connectivity index (χ0v) is 10.3. The first-order valence-corrected chi connectivity index (χ1v) is 4.74. The number of carbonyl (C=O) groups is 4. The fourth-order valence-electron chi connectivity index (χ4n) is 0.741. The van der Waals surface area contributed by atoms with Crippen molar-refractivity contribution >= 4 is 36.0 Å². The summed E-state index contributed by atoms with van der Waals surface area (Å²) in [6, 6.07) is 0. The Morgan fingerprint density at radius 1 is 0.778 bits per heavy atom. The Hall–Kier alpha value is -1.87.